The van der Waals surface area contributed by atoms with E-state index < -0.39 is 27.8 Å². The van der Waals surface area contributed by atoms with Gasteiger partial charge in [0.25, 0.3) is 0 Å². The molecule has 5 nitrogen and oxygen atoms in total. The van der Waals surface area contributed by atoms with Gasteiger partial charge in [-0.05, 0) is 50.1 Å². The SMILES string of the molecule is Cc1ccc(S(=O)(=O)N2CCC[C@H]2C(=O)Nc2cccc(F)c2)cc1. The van der Waals surface area contributed by atoms with Crippen molar-refractivity contribution < 1.29 is 17.6 Å². The minimum Gasteiger partial charge on any atom is -0.325 e. The highest BCUT2D eigenvalue weighted by atomic mass is 32.2. The summed E-state index contributed by atoms with van der Waals surface area (Å²) in [6.07, 6.45) is 1.04. The predicted octanol–water partition coefficient (Wildman–Crippen LogP) is 2.93. The highest BCUT2D eigenvalue weighted by molar-refractivity contribution is 7.89. The molecule has 0 bridgehead atoms. The van der Waals surface area contributed by atoms with Crippen LogP contribution in [0.5, 0.6) is 0 Å². The Morgan fingerprint density at radius 1 is 1.20 bits per heavy atom. The van der Waals surface area contributed by atoms with Gasteiger partial charge in [0.2, 0.25) is 15.9 Å². The van der Waals surface area contributed by atoms with Gasteiger partial charge in [-0.1, -0.05) is 23.8 Å². The van der Waals surface area contributed by atoms with Crippen LogP contribution in [0.2, 0.25) is 0 Å². The number of amides is 1. The lowest BCUT2D eigenvalue weighted by Gasteiger charge is -2.23. The number of carbonyl (C=O) groups excluding carboxylic acids is 1. The summed E-state index contributed by atoms with van der Waals surface area (Å²) in [7, 11) is -3.75. The van der Waals surface area contributed by atoms with Gasteiger partial charge in [0, 0.05) is 12.2 Å². The molecule has 0 unspecified atom stereocenters. The molecule has 2 aromatic carbocycles. The molecule has 1 heterocycles. The van der Waals surface area contributed by atoms with Crippen molar-refractivity contribution in [2.75, 3.05) is 11.9 Å². The number of halogens is 1. The number of aryl methyl sites for hydroxylation is 1. The zero-order chi connectivity index (χ0) is 18.0. The normalized spacial score (nSPS) is 18.2. The summed E-state index contributed by atoms with van der Waals surface area (Å²) in [4.78, 5) is 12.7. The first-order valence-electron chi connectivity index (χ1n) is 8.03. The Hall–Kier alpha value is -2.25. The largest absolute Gasteiger partial charge is 0.325 e. The number of benzene rings is 2. The van der Waals surface area contributed by atoms with Gasteiger partial charge in [0.15, 0.2) is 0 Å². The predicted molar refractivity (Wildman–Crippen MR) is 93.1 cm³/mol. The fraction of sp³-hybridized carbons (Fsp3) is 0.278. The Morgan fingerprint density at radius 3 is 2.60 bits per heavy atom. The molecule has 1 N–H and O–H groups in total. The number of sulfonamides is 1. The van der Waals surface area contributed by atoms with E-state index in [-0.39, 0.29) is 11.4 Å². The van der Waals surface area contributed by atoms with Gasteiger partial charge in [-0.25, -0.2) is 12.8 Å². The van der Waals surface area contributed by atoms with Gasteiger partial charge in [-0.3, -0.25) is 4.79 Å². The summed E-state index contributed by atoms with van der Waals surface area (Å²) in [6, 6.07) is 11.3. The standard InChI is InChI=1S/C18H19FN2O3S/c1-13-7-9-16(10-8-13)25(23,24)21-11-3-6-17(21)18(22)20-15-5-2-4-14(19)12-15/h2,4-5,7-10,12,17H,3,6,11H2,1H3,(H,20,22)/t17-/m0/s1. The van der Waals surface area contributed by atoms with Crippen molar-refractivity contribution in [2.45, 2.75) is 30.7 Å². The molecule has 132 valence electrons. The maximum Gasteiger partial charge on any atom is 0.243 e. The molecule has 0 radical (unpaired) electrons. The maximum atomic E-state index is 13.3. The van der Waals surface area contributed by atoms with Crippen LogP contribution in [0.4, 0.5) is 10.1 Å². The van der Waals surface area contributed by atoms with Crippen molar-refractivity contribution >= 4 is 21.6 Å². The number of nitrogens with one attached hydrogen (secondary N) is 1. The number of carbonyl (C=O) groups is 1. The van der Waals surface area contributed by atoms with Crippen molar-refractivity contribution in [1.29, 1.82) is 0 Å². The molecule has 0 aliphatic carbocycles. The van der Waals surface area contributed by atoms with Crippen molar-refractivity contribution in [3.05, 3.63) is 59.9 Å². The topological polar surface area (TPSA) is 66.5 Å². The summed E-state index contributed by atoms with van der Waals surface area (Å²) in [5.41, 5.74) is 1.27. The fourth-order valence-corrected chi connectivity index (χ4v) is 4.58. The molecule has 1 amide bonds. The average molecular weight is 362 g/mol. The van der Waals surface area contributed by atoms with E-state index in [0.717, 1.165) is 5.56 Å². The number of hydrogen-bond donors (Lipinski definition) is 1. The van der Waals surface area contributed by atoms with Gasteiger partial charge < -0.3 is 5.32 Å². The third-order valence-corrected chi connectivity index (χ3v) is 6.15. The molecule has 7 heteroatoms. The van der Waals surface area contributed by atoms with E-state index in [1.807, 2.05) is 6.92 Å². The molecule has 1 aliphatic rings. The van der Waals surface area contributed by atoms with Crippen molar-refractivity contribution in [3.8, 4) is 0 Å². The van der Waals surface area contributed by atoms with Gasteiger partial charge in [-0.15, -0.1) is 0 Å². The first-order valence-corrected chi connectivity index (χ1v) is 9.47. The number of anilines is 1. The third kappa shape index (κ3) is 3.72. The maximum absolute atomic E-state index is 13.3. The van der Waals surface area contributed by atoms with Gasteiger partial charge >= 0.3 is 0 Å². The molecule has 0 aromatic heterocycles. The number of nitrogens with zero attached hydrogens (tertiary/aromatic N) is 1. The smallest absolute Gasteiger partial charge is 0.243 e. The van der Waals surface area contributed by atoms with Gasteiger partial charge in [0.1, 0.15) is 11.9 Å². The lowest BCUT2D eigenvalue weighted by Crippen LogP contribution is -2.43. The monoisotopic (exact) mass is 362 g/mol. The highest BCUT2D eigenvalue weighted by Crippen LogP contribution is 2.27. The van der Waals surface area contributed by atoms with Crippen LogP contribution in [-0.4, -0.2) is 31.2 Å². The van der Waals surface area contributed by atoms with Crippen LogP contribution in [-0.2, 0) is 14.8 Å². The lowest BCUT2D eigenvalue weighted by molar-refractivity contribution is -0.119. The van der Waals surface area contributed by atoms with Gasteiger partial charge in [-0.2, -0.15) is 4.31 Å². The molecule has 2 aromatic rings. The van der Waals surface area contributed by atoms with Crippen LogP contribution < -0.4 is 5.32 Å². The van der Waals surface area contributed by atoms with E-state index in [1.54, 1.807) is 30.3 Å². The Labute approximate surface area is 146 Å². The quantitative estimate of drug-likeness (QED) is 0.909. The fourth-order valence-electron chi connectivity index (χ4n) is 2.93. The van der Waals surface area contributed by atoms with E-state index >= 15 is 0 Å². The second kappa shape index (κ2) is 6.93. The molecular weight excluding hydrogens is 343 g/mol. The lowest BCUT2D eigenvalue weighted by atomic mass is 10.2. The molecule has 0 spiro atoms. The minimum absolute atomic E-state index is 0.170. The summed E-state index contributed by atoms with van der Waals surface area (Å²) in [5, 5.41) is 2.60. The van der Waals surface area contributed by atoms with E-state index in [2.05, 4.69) is 5.32 Å². The second-order valence-electron chi connectivity index (χ2n) is 6.09. The van der Waals surface area contributed by atoms with Crippen molar-refractivity contribution in [3.63, 3.8) is 0 Å². The van der Waals surface area contributed by atoms with E-state index in [9.17, 15) is 17.6 Å². The molecular formula is C18H19FN2O3S. The summed E-state index contributed by atoms with van der Waals surface area (Å²) in [5.74, 6) is -0.910. The Balaban J connectivity index is 1.82. The summed E-state index contributed by atoms with van der Waals surface area (Å²) in [6.45, 7) is 2.17. The first-order chi connectivity index (χ1) is 11.9. The molecule has 1 atom stereocenters. The summed E-state index contributed by atoms with van der Waals surface area (Å²) < 4.78 is 40.2. The van der Waals surface area contributed by atoms with Crippen LogP contribution in [0.1, 0.15) is 18.4 Å². The van der Waals surface area contributed by atoms with Crippen molar-refractivity contribution in [1.82, 2.24) is 4.31 Å². The number of hydrogen-bond acceptors (Lipinski definition) is 3. The molecule has 3 rings (SSSR count). The van der Waals surface area contributed by atoms with E-state index in [1.165, 1.54) is 22.5 Å². The second-order valence-corrected chi connectivity index (χ2v) is 7.98. The van der Waals surface area contributed by atoms with E-state index in [0.29, 0.717) is 18.5 Å². The Morgan fingerprint density at radius 2 is 1.92 bits per heavy atom. The van der Waals surface area contributed by atoms with Crippen LogP contribution in [0.3, 0.4) is 0 Å². The molecule has 1 fully saturated rings. The molecule has 25 heavy (non-hydrogen) atoms. The van der Waals surface area contributed by atoms with Crippen LogP contribution in [0, 0.1) is 12.7 Å². The van der Waals surface area contributed by atoms with Crippen LogP contribution in [0.25, 0.3) is 0 Å². The summed E-state index contributed by atoms with van der Waals surface area (Å²) >= 11 is 0. The third-order valence-electron chi connectivity index (χ3n) is 4.23. The Kier molecular flexibility index (Phi) is 4.87. The van der Waals surface area contributed by atoms with Crippen molar-refractivity contribution in [2.24, 2.45) is 0 Å². The van der Waals surface area contributed by atoms with Crippen LogP contribution >= 0.6 is 0 Å². The Bertz CT molecular complexity index is 881. The van der Waals surface area contributed by atoms with Gasteiger partial charge in [0.05, 0.1) is 4.90 Å². The molecule has 0 saturated carbocycles. The van der Waals surface area contributed by atoms with E-state index in [4.69, 9.17) is 0 Å². The zero-order valence-corrected chi connectivity index (χ0v) is 14.6. The zero-order valence-electron chi connectivity index (χ0n) is 13.8. The molecule has 1 aliphatic heterocycles. The number of rotatable bonds is 4. The molecule has 1 saturated heterocycles. The highest BCUT2D eigenvalue weighted by Gasteiger charge is 2.39. The average Bonchev–Trinajstić information content (AvgIpc) is 3.06. The van der Waals surface area contributed by atoms with Crippen LogP contribution in [0.15, 0.2) is 53.4 Å². The minimum atomic E-state index is -3.75. The first kappa shape index (κ1) is 17.6.